The second-order valence-electron chi connectivity index (χ2n) is 7.42. The molecule has 2 amide bonds. The Hall–Kier alpha value is -3.71. The highest BCUT2D eigenvalue weighted by atomic mass is 35.5. The highest BCUT2D eigenvalue weighted by molar-refractivity contribution is 6.34. The molecule has 3 aromatic carbocycles. The Morgan fingerprint density at radius 2 is 1.79 bits per heavy atom. The van der Waals surface area contributed by atoms with E-state index in [2.05, 4.69) is 10.4 Å². The van der Waals surface area contributed by atoms with Gasteiger partial charge in [-0.05, 0) is 36.4 Å². The first-order valence-electron chi connectivity index (χ1n) is 10.3. The number of carbonyl (C=O) groups is 2. The summed E-state index contributed by atoms with van der Waals surface area (Å²) in [7, 11) is 1.53. The molecule has 3 aromatic rings. The van der Waals surface area contributed by atoms with Crippen molar-refractivity contribution in [1.29, 1.82) is 0 Å². The number of nitrogens with zero attached hydrogens (tertiary/aromatic N) is 2. The van der Waals surface area contributed by atoms with E-state index in [-0.39, 0.29) is 6.54 Å². The topological polar surface area (TPSA) is 71.0 Å². The lowest BCUT2D eigenvalue weighted by Crippen LogP contribution is -2.38. The molecule has 0 saturated carbocycles. The van der Waals surface area contributed by atoms with Crippen LogP contribution in [0, 0.1) is 5.82 Å². The quantitative estimate of drug-likeness (QED) is 0.578. The molecule has 6 nitrogen and oxygen atoms in total. The summed E-state index contributed by atoms with van der Waals surface area (Å²) in [6.45, 7) is -0.297. The summed E-state index contributed by atoms with van der Waals surface area (Å²) >= 11 is 6.32. The number of rotatable bonds is 6. The third kappa shape index (κ3) is 4.88. The van der Waals surface area contributed by atoms with Crippen LogP contribution in [0.15, 0.2) is 77.9 Å². The summed E-state index contributed by atoms with van der Waals surface area (Å²) in [5.74, 6) is -0.692. The lowest BCUT2D eigenvalue weighted by atomic mass is 9.98. The fourth-order valence-corrected chi connectivity index (χ4v) is 3.91. The third-order valence-electron chi connectivity index (χ3n) is 5.37. The van der Waals surface area contributed by atoms with Gasteiger partial charge < -0.3 is 10.1 Å². The van der Waals surface area contributed by atoms with Gasteiger partial charge in [-0.1, -0.05) is 48.0 Å². The van der Waals surface area contributed by atoms with E-state index in [0.29, 0.717) is 39.6 Å². The van der Waals surface area contributed by atoms with Crippen molar-refractivity contribution in [2.24, 2.45) is 5.10 Å². The minimum absolute atomic E-state index is 0.294. The average Bonchev–Trinajstić information content (AvgIpc) is 3.28. The van der Waals surface area contributed by atoms with E-state index < -0.39 is 23.7 Å². The first kappa shape index (κ1) is 22.5. The number of carbonyl (C=O) groups excluding carboxylic acids is 2. The Balaban J connectivity index is 1.55. The zero-order valence-corrected chi connectivity index (χ0v) is 18.6. The monoisotopic (exact) mass is 465 g/mol. The van der Waals surface area contributed by atoms with Crippen molar-refractivity contribution < 1.29 is 18.7 Å². The molecule has 1 aliphatic rings. The molecule has 33 heavy (non-hydrogen) atoms. The van der Waals surface area contributed by atoms with Crippen LogP contribution in [0.1, 0.15) is 33.9 Å². The number of benzene rings is 3. The Morgan fingerprint density at radius 1 is 1.09 bits per heavy atom. The largest absolute Gasteiger partial charge is 0.497 e. The predicted molar refractivity (Wildman–Crippen MR) is 124 cm³/mol. The van der Waals surface area contributed by atoms with Gasteiger partial charge in [0.25, 0.3) is 11.8 Å². The van der Waals surface area contributed by atoms with Crippen molar-refractivity contribution >= 4 is 29.1 Å². The number of nitrogens with one attached hydrogen (secondary N) is 1. The molecule has 1 aliphatic heterocycles. The zero-order valence-electron chi connectivity index (χ0n) is 17.8. The SMILES string of the molecule is COc1ccc(C(=O)NCC(=O)N2N=C(c3ccccc3Cl)CC2c2ccccc2F)cc1. The fourth-order valence-electron chi connectivity index (χ4n) is 3.67. The molecule has 0 radical (unpaired) electrons. The van der Waals surface area contributed by atoms with Gasteiger partial charge in [-0.25, -0.2) is 9.40 Å². The first-order valence-corrected chi connectivity index (χ1v) is 10.7. The molecule has 8 heteroatoms. The Labute approximate surface area is 195 Å². The van der Waals surface area contributed by atoms with E-state index in [1.165, 1.54) is 18.2 Å². The maximum Gasteiger partial charge on any atom is 0.262 e. The number of methoxy groups -OCH3 is 1. The van der Waals surface area contributed by atoms with E-state index in [0.717, 1.165) is 0 Å². The standard InChI is InChI=1S/C25H21ClFN3O3/c1-33-17-12-10-16(11-13-17)25(32)28-15-24(31)30-23(19-7-3-5-9-21(19)27)14-22(29-30)18-6-2-4-8-20(18)26/h2-13,23H,14-15H2,1H3,(H,28,32). The van der Waals surface area contributed by atoms with Gasteiger partial charge in [-0.2, -0.15) is 5.10 Å². The molecule has 1 heterocycles. The van der Waals surface area contributed by atoms with E-state index in [4.69, 9.17) is 16.3 Å². The molecular formula is C25H21ClFN3O3. The summed E-state index contributed by atoms with van der Waals surface area (Å²) in [5.41, 5.74) is 1.98. The van der Waals surface area contributed by atoms with Crippen LogP contribution in [-0.4, -0.2) is 36.2 Å². The third-order valence-corrected chi connectivity index (χ3v) is 5.70. The maximum absolute atomic E-state index is 14.6. The molecule has 4 rings (SSSR count). The number of amides is 2. The minimum Gasteiger partial charge on any atom is -0.497 e. The van der Waals surface area contributed by atoms with Crippen LogP contribution in [0.2, 0.25) is 5.02 Å². The van der Waals surface area contributed by atoms with Crippen LogP contribution >= 0.6 is 11.6 Å². The molecule has 1 N–H and O–H groups in total. The predicted octanol–water partition coefficient (Wildman–Crippen LogP) is 4.60. The van der Waals surface area contributed by atoms with Gasteiger partial charge in [-0.15, -0.1) is 0 Å². The molecule has 1 atom stereocenters. The van der Waals surface area contributed by atoms with Crippen LogP contribution in [0.3, 0.4) is 0 Å². The number of hydrazone groups is 1. The van der Waals surface area contributed by atoms with Crippen LogP contribution in [0.4, 0.5) is 4.39 Å². The van der Waals surface area contributed by atoms with Crippen molar-refractivity contribution in [3.63, 3.8) is 0 Å². The molecular weight excluding hydrogens is 445 g/mol. The first-order chi connectivity index (χ1) is 16.0. The van der Waals surface area contributed by atoms with Gasteiger partial charge in [0.2, 0.25) is 0 Å². The highest BCUT2D eigenvalue weighted by Crippen LogP contribution is 2.35. The Bertz CT molecular complexity index is 1210. The number of hydrogen-bond donors (Lipinski definition) is 1. The van der Waals surface area contributed by atoms with Gasteiger partial charge in [0.15, 0.2) is 0 Å². The molecule has 0 saturated heterocycles. The second kappa shape index (κ2) is 9.83. The van der Waals surface area contributed by atoms with Crippen LogP contribution in [-0.2, 0) is 4.79 Å². The van der Waals surface area contributed by atoms with E-state index >= 15 is 0 Å². The zero-order chi connectivity index (χ0) is 23.4. The summed E-state index contributed by atoms with van der Waals surface area (Å²) in [6, 6.07) is 19.3. The molecule has 0 aliphatic carbocycles. The average molecular weight is 466 g/mol. The molecule has 0 aromatic heterocycles. The summed E-state index contributed by atoms with van der Waals surface area (Å²) < 4.78 is 19.7. The number of hydrogen-bond acceptors (Lipinski definition) is 4. The Kier molecular flexibility index (Phi) is 6.70. The molecule has 0 spiro atoms. The lowest BCUT2D eigenvalue weighted by molar-refractivity contribution is -0.131. The highest BCUT2D eigenvalue weighted by Gasteiger charge is 2.35. The number of ether oxygens (including phenoxy) is 1. The normalized spacial score (nSPS) is 15.2. The van der Waals surface area contributed by atoms with E-state index in [1.54, 1.807) is 60.7 Å². The molecule has 0 bridgehead atoms. The second-order valence-corrected chi connectivity index (χ2v) is 7.82. The van der Waals surface area contributed by atoms with Crippen LogP contribution in [0.25, 0.3) is 0 Å². The van der Waals surface area contributed by atoms with Gasteiger partial charge in [0.05, 0.1) is 25.4 Å². The summed E-state index contributed by atoms with van der Waals surface area (Å²) in [4.78, 5) is 25.5. The number of halogens is 2. The van der Waals surface area contributed by atoms with E-state index in [1.807, 2.05) is 6.07 Å². The minimum atomic E-state index is -0.650. The molecule has 1 unspecified atom stereocenters. The fraction of sp³-hybridized carbons (Fsp3) is 0.160. The van der Waals surface area contributed by atoms with Gasteiger partial charge in [0, 0.05) is 28.1 Å². The van der Waals surface area contributed by atoms with Gasteiger partial charge >= 0.3 is 0 Å². The van der Waals surface area contributed by atoms with Gasteiger partial charge in [0.1, 0.15) is 11.6 Å². The summed E-state index contributed by atoms with van der Waals surface area (Å²) in [6.07, 6.45) is 0.294. The maximum atomic E-state index is 14.6. The van der Waals surface area contributed by atoms with Gasteiger partial charge in [-0.3, -0.25) is 9.59 Å². The van der Waals surface area contributed by atoms with Crippen molar-refractivity contribution in [1.82, 2.24) is 10.3 Å². The van der Waals surface area contributed by atoms with E-state index in [9.17, 15) is 14.0 Å². The van der Waals surface area contributed by atoms with Crippen molar-refractivity contribution in [2.45, 2.75) is 12.5 Å². The van der Waals surface area contributed by atoms with Crippen molar-refractivity contribution in [3.8, 4) is 5.75 Å². The van der Waals surface area contributed by atoms with Crippen LogP contribution < -0.4 is 10.1 Å². The molecule has 0 fully saturated rings. The summed E-state index contributed by atoms with van der Waals surface area (Å²) in [5, 5.41) is 8.80. The van der Waals surface area contributed by atoms with Crippen molar-refractivity contribution in [3.05, 3.63) is 100 Å². The van der Waals surface area contributed by atoms with Crippen molar-refractivity contribution in [2.75, 3.05) is 13.7 Å². The van der Waals surface area contributed by atoms with Crippen LogP contribution in [0.5, 0.6) is 5.75 Å². The lowest BCUT2D eigenvalue weighted by Gasteiger charge is -2.22. The Morgan fingerprint density at radius 3 is 2.48 bits per heavy atom. The smallest absolute Gasteiger partial charge is 0.262 e. The molecule has 168 valence electrons.